The lowest BCUT2D eigenvalue weighted by molar-refractivity contribution is -0.274. The summed E-state index contributed by atoms with van der Waals surface area (Å²) in [5.41, 5.74) is 1.31. The number of pyridine rings is 1. The quantitative estimate of drug-likeness (QED) is 0.361. The summed E-state index contributed by atoms with van der Waals surface area (Å²) in [6.07, 6.45) is -5.41. The van der Waals surface area contributed by atoms with Gasteiger partial charge in [-0.25, -0.2) is 4.79 Å². The lowest BCUT2D eigenvalue weighted by atomic mass is 9.94. The number of ether oxygens (including phenoxy) is 1. The highest BCUT2D eigenvalue weighted by Crippen LogP contribution is 2.32. The second kappa shape index (κ2) is 10.6. The van der Waals surface area contributed by atoms with Crippen LogP contribution in [0.4, 0.5) is 23.7 Å². The van der Waals surface area contributed by atoms with Crippen molar-refractivity contribution in [3.05, 3.63) is 75.7 Å². The van der Waals surface area contributed by atoms with Crippen LogP contribution in [0.25, 0.3) is 11.1 Å². The minimum atomic E-state index is -4.87. The van der Waals surface area contributed by atoms with Crippen molar-refractivity contribution in [2.45, 2.75) is 32.7 Å². The Labute approximate surface area is 209 Å². The molecule has 1 unspecified atom stereocenters. The molecule has 0 fully saturated rings. The van der Waals surface area contributed by atoms with Gasteiger partial charge in [0.05, 0.1) is 12.5 Å². The van der Waals surface area contributed by atoms with E-state index in [1.807, 2.05) is 0 Å². The van der Waals surface area contributed by atoms with E-state index in [0.717, 1.165) is 6.07 Å². The van der Waals surface area contributed by atoms with Gasteiger partial charge in [0, 0.05) is 18.8 Å². The Morgan fingerprint density at radius 2 is 1.81 bits per heavy atom. The van der Waals surface area contributed by atoms with Crippen LogP contribution in [-0.2, 0) is 11.8 Å². The first-order chi connectivity index (χ1) is 17.2. The number of rotatable bonds is 7. The van der Waals surface area contributed by atoms with Gasteiger partial charge in [0.25, 0.3) is 5.56 Å². The minimum Gasteiger partial charge on any atom is -0.505 e. The molecule has 4 N–H and O–H groups in total. The van der Waals surface area contributed by atoms with E-state index in [2.05, 4.69) is 15.4 Å². The number of nitrogens with one attached hydrogen (secondary N) is 2. The van der Waals surface area contributed by atoms with Crippen LogP contribution >= 0.6 is 0 Å². The molecule has 196 valence electrons. The summed E-state index contributed by atoms with van der Waals surface area (Å²) in [5, 5.41) is 24.2. The molecule has 0 aliphatic carbocycles. The number of carbonyl (C=O) groups excluding carboxylic acids is 1. The highest BCUT2D eigenvalue weighted by atomic mass is 19.4. The van der Waals surface area contributed by atoms with Crippen LogP contribution < -0.4 is 20.9 Å². The van der Waals surface area contributed by atoms with Gasteiger partial charge in [0.15, 0.2) is 5.69 Å². The zero-order valence-electron chi connectivity index (χ0n) is 20.0. The van der Waals surface area contributed by atoms with E-state index in [4.69, 9.17) is 0 Å². The van der Waals surface area contributed by atoms with Crippen LogP contribution in [0, 0.1) is 13.8 Å². The van der Waals surface area contributed by atoms with Crippen LogP contribution in [0.15, 0.2) is 53.3 Å². The van der Waals surface area contributed by atoms with Crippen LogP contribution in [0.3, 0.4) is 0 Å². The van der Waals surface area contributed by atoms with Crippen molar-refractivity contribution in [1.29, 1.82) is 0 Å². The first-order valence-corrected chi connectivity index (χ1v) is 10.9. The van der Waals surface area contributed by atoms with Gasteiger partial charge in [-0.3, -0.25) is 9.59 Å². The molecule has 0 saturated heterocycles. The fourth-order valence-electron chi connectivity index (χ4n) is 3.68. The number of carbonyl (C=O) groups is 2. The molecular formula is C25H24F3N3O6. The molecule has 1 atom stereocenters. The normalized spacial score (nSPS) is 12.1. The zero-order valence-corrected chi connectivity index (χ0v) is 20.0. The summed E-state index contributed by atoms with van der Waals surface area (Å²) in [7, 11) is 1.45. The number of alkyl halides is 3. The molecule has 3 rings (SSSR count). The summed E-state index contributed by atoms with van der Waals surface area (Å²) < 4.78 is 43.2. The van der Waals surface area contributed by atoms with Gasteiger partial charge in [0.2, 0.25) is 0 Å². The molecule has 9 nitrogen and oxygen atoms in total. The van der Waals surface area contributed by atoms with Crippen LogP contribution in [0.2, 0.25) is 0 Å². The molecule has 0 aliphatic rings. The lowest BCUT2D eigenvalue weighted by Crippen LogP contribution is -2.36. The molecule has 2 amide bonds. The summed E-state index contributed by atoms with van der Waals surface area (Å²) >= 11 is 0. The molecule has 1 heterocycles. The number of aliphatic carboxylic acids is 1. The zero-order chi connectivity index (χ0) is 27.5. The number of hydrogen-bond acceptors (Lipinski definition) is 5. The highest BCUT2D eigenvalue weighted by Gasteiger charge is 2.31. The number of benzene rings is 2. The van der Waals surface area contributed by atoms with Crippen molar-refractivity contribution in [2.24, 2.45) is 7.05 Å². The van der Waals surface area contributed by atoms with Crippen molar-refractivity contribution in [1.82, 2.24) is 9.88 Å². The van der Waals surface area contributed by atoms with E-state index in [0.29, 0.717) is 27.9 Å². The van der Waals surface area contributed by atoms with E-state index in [9.17, 15) is 37.8 Å². The van der Waals surface area contributed by atoms with E-state index in [1.165, 1.54) is 29.8 Å². The molecule has 2 aromatic carbocycles. The third-order valence-corrected chi connectivity index (χ3v) is 5.61. The smallest absolute Gasteiger partial charge is 0.505 e. The Bertz CT molecular complexity index is 1400. The molecule has 0 aliphatic heterocycles. The topological polar surface area (TPSA) is 130 Å². The second-order valence-corrected chi connectivity index (χ2v) is 8.31. The van der Waals surface area contributed by atoms with Crippen LogP contribution in [0.1, 0.15) is 29.3 Å². The first kappa shape index (κ1) is 27.1. The molecule has 1 aromatic heterocycles. The standard InChI is InChI=1S/C25H24F3N3O6/c1-13-7-8-16(11-18(13)15-5-4-6-17(10-15)37-25(26,27)28)19(12-21(33)34)29-24(36)30-22-20(32)9-14(2)31(3)23(22)35/h4-11,19,32H,12H2,1-3H3,(H,33,34)(H2,29,30,36). The Morgan fingerprint density at radius 3 is 2.46 bits per heavy atom. The third-order valence-electron chi connectivity index (χ3n) is 5.61. The largest absolute Gasteiger partial charge is 0.573 e. The SMILES string of the molecule is Cc1ccc(C(CC(=O)O)NC(=O)Nc2c(O)cc(C)n(C)c2=O)cc1-c1cccc(OC(F)(F)F)c1. The number of aromatic hydroxyl groups is 1. The van der Waals surface area contributed by atoms with Gasteiger partial charge in [0.1, 0.15) is 11.5 Å². The maximum absolute atomic E-state index is 12.7. The lowest BCUT2D eigenvalue weighted by Gasteiger charge is -2.20. The van der Waals surface area contributed by atoms with E-state index < -0.39 is 47.9 Å². The predicted molar refractivity (Wildman–Crippen MR) is 129 cm³/mol. The molecule has 0 bridgehead atoms. The number of carboxylic acids is 1. The Kier molecular flexibility index (Phi) is 7.80. The monoisotopic (exact) mass is 519 g/mol. The average molecular weight is 519 g/mol. The Hall–Kier alpha value is -4.48. The number of carboxylic acid groups (broad SMARTS) is 1. The van der Waals surface area contributed by atoms with E-state index in [1.54, 1.807) is 38.1 Å². The third kappa shape index (κ3) is 6.81. The number of aromatic nitrogens is 1. The number of nitrogens with zero attached hydrogens (tertiary/aromatic N) is 1. The number of amides is 2. The number of urea groups is 1. The molecule has 0 radical (unpaired) electrons. The predicted octanol–water partition coefficient (Wildman–Crippen LogP) is 4.61. The summed E-state index contributed by atoms with van der Waals surface area (Å²) in [4.78, 5) is 36.6. The van der Waals surface area contributed by atoms with E-state index in [-0.39, 0.29) is 5.69 Å². The van der Waals surface area contributed by atoms with Gasteiger partial charge >= 0.3 is 18.4 Å². The summed E-state index contributed by atoms with van der Waals surface area (Å²) in [5.74, 6) is -2.11. The number of hydrogen-bond donors (Lipinski definition) is 4. The molecule has 0 saturated carbocycles. The van der Waals surface area contributed by atoms with Crippen LogP contribution in [0.5, 0.6) is 11.5 Å². The van der Waals surface area contributed by atoms with Gasteiger partial charge in [-0.15, -0.1) is 13.2 Å². The number of aryl methyl sites for hydroxylation is 2. The van der Waals surface area contributed by atoms with Crippen molar-refractivity contribution >= 4 is 17.7 Å². The molecule has 12 heteroatoms. The maximum atomic E-state index is 12.7. The van der Waals surface area contributed by atoms with Crippen molar-refractivity contribution in [2.75, 3.05) is 5.32 Å². The number of anilines is 1. The molecule has 0 spiro atoms. The van der Waals surface area contributed by atoms with Gasteiger partial charge in [-0.2, -0.15) is 0 Å². The van der Waals surface area contributed by atoms with Gasteiger partial charge in [-0.05, 0) is 54.3 Å². The summed E-state index contributed by atoms with van der Waals surface area (Å²) in [6, 6.07) is 9.33. The average Bonchev–Trinajstić information content (AvgIpc) is 2.79. The second-order valence-electron chi connectivity index (χ2n) is 8.31. The van der Waals surface area contributed by atoms with Crippen molar-refractivity contribution < 1.29 is 37.7 Å². The van der Waals surface area contributed by atoms with Gasteiger partial charge < -0.3 is 30.2 Å². The fraction of sp³-hybridized carbons (Fsp3) is 0.240. The minimum absolute atomic E-state index is 0.348. The van der Waals surface area contributed by atoms with Crippen molar-refractivity contribution in [3.63, 3.8) is 0 Å². The molecule has 3 aromatic rings. The molecule has 37 heavy (non-hydrogen) atoms. The fourth-order valence-corrected chi connectivity index (χ4v) is 3.68. The maximum Gasteiger partial charge on any atom is 0.573 e. The van der Waals surface area contributed by atoms with Crippen molar-refractivity contribution in [3.8, 4) is 22.6 Å². The number of halogens is 3. The molecular weight excluding hydrogens is 495 g/mol. The highest BCUT2D eigenvalue weighted by molar-refractivity contribution is 5.91. The first-order valence-electron chi connectivity index (χ1n) is 10.9. The Balaban J connectivity index is 1.92. The van der Waals surface area contributed by atoms with Gasteiger partial charge in [-0.1, -0.05) is 24.3 Å². The Morgan fingerprint density at radius 1 is 1.11 bits per heavy atom. The summed E-state index contributed by atoms with van der Waals surface area (Å²) in [6.45, 7) is 3.31. The van der Waals surface area contributed by atoms with Crippen LogP contribution in [-0.4, -0.2) is 33.1 Å². The van der Waals surface area contributed by atoms with E-state index >= 15 is 0 Å².